The highest BCUT2D eigenvalue weighted by Crippen LogP contribution is 2.22. The molecule has 2 N–H and O–H groups in total. The summed E-state index contributed by atoms with van der Waals surface area (Å²) < 4.78 is 10.6. The van der Waals surface area contributed by atoms with E-state index < -0.39 is 6.10 Å². The highest BCUT2D eigenvalue weighted by Gasteiger charge is 2.35. The molecule has 1 fully saturated rings. The number of hydrogen-bond donors (Lipinski definition) is 2. The summed E-state index contributed by atoms with van der Waals surface area (Å²) in [5.41, 5.74) is 0. The van der Waals surface area contributed by atoms with Crippen molar-refractivity contribution >= 4 is 5.91 Å². The Morgan fingerprint density at radius 2 is 2.24 bits per heavy atom. The fourth-order valence-corrected chi connectivity index (χ4v) is 2.46. The van der Waals surface area contributed by atoms with Crippen LogP contribution in [0.2, 0.25) is 0 Å². The third-order valence-electron chi connectivity index (χ3n) is 3.75. The summed E-state index contributed by atoms with van der Waals surface area (Å²) in [4.78, 5) is 11.9. The fraction of sp³-hybridized carbons (Fsp3) is 0.786. The summed E-state index contributed by atoms with van der Waals surface area (Å²) in [6.07, 6.45) is 1.31. The Balaban J connectivity index is 1.77. The number of aromatic nitrogens is 2. The smallest absolute Gasteiger partial charge is 0.220 e. The summed E-state index contributed by atoms with van der Waals surface area (Å²) in [6, 6.07) is -0.239. The van der Waals surface area contributed by atoms with Crippen LogP contribution in [0.4, 0.5) is 0 Å². The van der Waals surface area contributed by atoms with Crippen molar-refractivity contribution in [2.75, 3.05) is 7.11 Å². The number of aliphatic hydroxyl groups is 1. The molecule has 21 heavy (non-hydrogen) atoms. The number of carbonyl (C=O) groups excluding carboxylic acids is 1. The molecule has 1 heterocycles. The molecule has 0 radical (unpaired) electrons. The van der Waals surface area contributed by atoms with E-state index >= 15 is 0 Å². The Hall–Kier alpha value is -1.47. The van der Waals surface area contributed by atoms with Gasteiger partial charge in [-0.2, -0.15) is 0 Å². The fourth-order valence-electron chi connectivity index (χ4n) is 2.46. The molecule has 1 aromatic heterocycles. The van der Waals surface area contributed by atoms with Crippen LogP contribution in [0.3, 0.4) is 0 Å². The van der Waals surface area contributed by atoms with Crippen molar-refractivity contribution in [2.24, 2.45) is 0 Å². The van der Waals surface area contributed by atoms with Gasteiger partial charge in [0.05, 0.1) is 12.1 Å². The number of nitrogens with zero attached hydrogens (tertiary/aromatic N) is 2. The highest BCUT2D eigenvalue weighted by molar-refractivity contribution is 5.76. The number of carbonyl (C=O) groups is 1. The van der Waals surface area contributed by atoms with Crippen molar-refractivity contribution < 1.29 is 19.1 Å². The molecular weight excluding hydrogens is 274 g/mol. The summed E-state index contributed by atoms with van der Waals surface area (Å²) >= 11 is 0. The van der Waals surface area contributed by atoms with Crippen molar-refractivity contribution in [3.8, 4) is 0 Å². The normalized spacial score (nSPS) is 25.5. The number of rotatable bonds is 6. The van der Waals surface area contributed by atoms with Gasteiger partial charge >= 0.3 is 0 Å². The topological polar surface area (TPSA) is 97.5 Å². The lowest BCUT2D eigenvalue weighted by Crippen LogP contribution is -2.43. The minimum Gasteiger partial charge on any atom is -0.425 e. The van der Waals surface area contributed by atoms with Gasteiger partial charge in [-0.3, -0.25) is 4.79 Å². The molecule has 7 nitrogen and oxygen atoms in total. The van der Waals surface area contributed by atoms with Gasteiger partial charge in [-0.15, -0.1) is 10.2 Å². The van der Waals surface area contributed by atoms with Gasteiger partial charge in [-0.25, -0.2) is 0 Å². The first kappa shape index (κ1) is 15.9. The number of aryl methyl sites for hydroxylation is 1. The quantitative estimate of drug-likeness (QED) is 0.805. The van der Waals surface area contributed by atoms with E-state index in [9.17, 15) is 9.90 Å². The SMILES string of the molecule is CO[C@@H]1CC[C@@H](NC(=O)CCc2nnc(C(C)C)o2)[C@H]1O. The average molecular weight is 297 g/mol. The number of methoxy groups -OCH3 is 1. The number of ether oxygens (including phenoxy) is 1. The second kappa shape index (κ2) is 7.00. The van der Waals surface area contributed by atoms with Crippen molar-refractivity contribution in [3.05, 3.63) is 11.8 Å². The van der Waals surface area contributed by atoms with Crippen LogP contribution in [0.15, 0.2) is 4.42 Å². The van der Waals surface area contributed by atoms with E-state index in [0.29, 0.717) is 18.2 Å². The molecule has 1 saturated carbocycles. The molecule has 1 aliphatic carbocycles. The van der Waals surface area contributed by atoms with Crippen LogP contribution >= 0.6 is 0 Å². The monoisotopic (exact) mass is 297 g/mol. The maximum absolute atomic E-state index is 11.9. The maximum atomic E-state index is 11.9. The first-order valence-electron chi connectivity index (χ1n) is 7.33. The summed E-state index contributed by atoms with van der Waals surface area (Å²) in [5, 5.41) is 20.6. The molecule has 1 aliphatic rings. The van der Waals surface area contributed by atoms with Crippen molar-refractivity contribution in [1.29, 1.82) is 0 Å². The Labute approximate surface area is 124 Å². The Morgan fingerprint density at radius 3 is 2.81 bits per heavy atom. The molecule has 7 heteroatoms. The predicted octanol–water partition coefficient (Wildman–Crippen LogP) is 0.780. The van der Waals surface area contributed by atoms with E-state index in [-0.39, 0.29) is 30.4 Å². The number of amides is 1. The molecule has 0 saturated heterocycles. The van der Waals surface area contributed by atoms with Gasteiger partial charge in [0.15, 0.2) is 0 Å². The molecule has 0 bridgehead atoms. The maximum Gasteiger partial charge on any atom is 0.220 e. The molecule has 0 unspecified atom stereocenters. The van der Waals surface area contributed by atoms with Gasteiger partial charge in [0.1, 0.15) is 6.10 Å². The van der Waals surface area contributed by atoms with Crippen LogP contribution in [0.1, 0.15) is 50.8 Å². The van der Waals surface area contributed by atoms with E-state index in [2.05, 4.69) is 15.5 Å². The van der Waals surface area contributed by atoms with E-state index in [1.54, 1.807) is 7.11 Å². The summed E-state index contributed by atoms with van der Waals surface area (Å²) in [5.74, 6) is 1.11. The predicted molar refractivity (Wildman–Crippen MR) is 74.7 cm³/mol. The van der Waals surface area contributed by atoms with Gasteiger partial charge in [-0.1, -0.05) is 13.8 Å². The summed E-state index contributed by atoms with van der Waals surface area (Å²) in [7, 11) is 1.57. The van der Waals surface area contributed by atoms with Crippen molar-refractivity contribution in [1.82, 2.24) is 15.5 Å². The molecular formula is C14H23N3O4. The lowest BCUT2D eigenvalue weighted by atomic mass is 10.2. The average Bonchev–Trinajstić information content (AvgIpc) is 3.05. The summed E-state index contributed by atoms with van der Waals surface area (Å²) in [6.45, 7) is 3.94. The van der Waals surface area contributed by atoms with Crippen LogP contribution in [0.5, 0.6) is 0 Å². The molecule has 1 amide bonds. The van der Waals surface area contributed by atoms with Crippen molar-refractivity contribution in [3.63, 3.8) is 0 Å². The number of hydrogen-bond acceptors (Lipinski definition) is 6. The second-order valence-corrected chi connectivity index (χ2v) is 5.70. The molecule has 3 atom stereocenters. The van der Waals surface area contributed by atoms with Gasteiger partial charge in [0.25, 0.3) is 0 Å². The first-order valence-corrected chi connectivity index (χ1v) is 7.33. The lowest BCUT2D eigenvalue weighted by Gasteiger charge is -2.19. The largest absolute Gasteiger partial charge is 0.425 e. The van der Waals surface area contributed by atoms with E-state index in [0.717, 1.165) is 12.8 Å². The molecule has 0 aliphatic heterocycles. The Bertz CT molecular complexity index is 475. The zero-order valence-corrected chi connectivity index (χ0v) is 12.7. The number of aliphatic hydroxyl groups excluding tert-OH is 1. The molecule has 0 aromatic carbocycles. The van der Waals surface area contributed by atoms with Gasteiger partial charge in [0.2, 0.25) is 17.7 Å². The molecule has 1 aromatic rings. The van der Waals surface area contributed by atoms with Crippen LogP contribution in [0.25, 0.3) is 0 Å². The van der Waals surface area contributed by atoms with Crippen LogP contribution in [-0.4, -0.2) is 46.6 Å². The van der Waals surface area contributed by atoms with E-state index in [1.807, 2.05) is 13.8 Å². The van der Waals surface area contributed by atoms with E-state index in [1.165, 1.54) is 0 Å². The minimum absolute atomic E-state index is 0.125. The zero-order valence-electron chi connectivity index (χ0n) is 12.7. The lowest BCUT2D eigenvalue weighted by molar-refractivity contribution is -0.122. The Morgan fingerprint density at radius 1 is 1.48 bits per heavy atom. The Kier molecular flexibility index (Phi) is 5.30. The highest BCUT2D eigenvalue weighted by atomic mass is 16.5. The zero-order chi connectivity index (χ0) is 15.4. The molecule has 0 spiro atoms. The van der Waals surface area contributed by atoms with Crippen LogP contribution in [0, 0.1) is 0 Å². The second-order valence-electron chi connectivity index (χ2n) is 5.70. The van der Waals surface area contributed by atoms with Crippen molar-refractivity contribution in [2.45, 2.75) is 63.7 Å². The first-order chi connectivity index (χ1) is 10.0. The van der Waals surface area contributed by atoms with Gasteiger partial charge in [0, 0.05) is 25.9 Å². The van der Waals surface area contributed by atoms with E-state index in [4.69, 9.17) is 9.15 Å². The van der Waals surface area contributed by atoms with Crippen LogP contribution in [-0.2, 0) is 16.0 Å². The van der Waals surface area contributed by atoms with Gasteiger partial charge in [-0.05, 0) is 12.8 Å². The third kappa shape index (κ3) is 4.01. The van der Waals surface area contributed by atoms with Crippen LogP contribution < -0.4 is 5.32 Å². The molecule has 118 valence electrons. The minimum atomic E-state index is -0.644. The standard InChI is InChI=1S/C14H23N3O4/c1-8(2)14-17-16-12(21-14)7-6-11(18)15-9-4-5-10(20-3)13(9)19/h8-10,13,19H,4-7H2,1-3H3,(H,15,18)/t9-,10-,13-/m1/s1. The van der Waals surface area contributed by atoms with Gasteiger partial charge < -0.3 is 19.6 Å². The third-order valence-corrected chi connectivity index (χ3v) is 3.75. The molecule has 2 rings (SSSR count). The number of nitrogens with one attached hydrogen (secondary N) is 1.